The van der Waals surface area contributed by atoms with Crippen LogP contribution in [0.4, 0.5) is 18.9 Å². The Bertz CT molecular complexity index is 600. The van der Waals surface area contributed by atoms with Gasteiger partial charge in [0, 0.05) is 18.9 Å². The molecule has 0 amide bonds. The van der Waals surface area contributed by atoms with Gasteiger partial charge in [-0.1, -0.05) is 12.1 Å². The number of halogens is 3. The number of aliphatic hydroxyl groups is 1. The first-order chi connectivity index (χ1) is 9.91. The van der Waals surface area contributed by atoms with E-state index >= 15 is 0 Å². The molecule has 2 aromatic rings. The SMILES string of the molecule is CN(Cc1ccccn1)c1ccc(CO)cc1C(F)(F)F. The lowest BCUT2D eigenvalue weighted by molar-refractivity contribution is -0.137. The van der Waals surface area contributed by atoms with Crippen LogP contribution in [0.1, 0.15) is 16.8 Å². The number of rotatable bonds is 4. The van der Waals surface area contributed by atoms with Crippen molar-refractivity contribution in [2.45, 2.75) is 19.3 Å². The molecule has 0 aliphatic rings. The van der Waals surface area contributed by atoms with Gasteiger partial charge < -0.3 is 10.0 Å². The molecule has 0 atom stereocenters. The first kappa shape index (κ1) is 15.3. The van der Waals surface area contributed by atoms with E-state index in [1.165, 1.54) is 17.0 Å². The van der Waals surface area contributed by atoms with E-state index in [2.05, 4.69) is 4.98 Å². The smallest absolute Gasteiger partial charge is 0.392 e. The average Bonchev–Trinajstić information content (AvgIpc) is 2.46. The number of pyridine rings is 1. The Hall–Kier alpha value is -2.08. The van der Waals surface area contributed by atoms with Gasteiger partial charge >= 0.3 is 6.18 Å². The summed E-state index contributed by atoms with van der Waals surface area (Å²) in [7, 11) is 1.58. The lowest BCUT2D eigenvalue weighted by Crippen LogP contribution is -2.21. The van der Waals surface area contributed by atoms with Crippen LogP contribution < -0.4 is 4.90 Å². The molecule has 0 radical (unpaired) electrons. The molecule has 1 aromatic heterocycles. The van der Waals surface area contributed by atoms with Gasteiger partial charge in [0.1, 0.15) is 0 Å². The zero-order chi connectivity index (χ0) is 15.5. The molecule has 0 fully saturated rings. The number of aromatic nitrogens is 1. The molecule has 0 unspecified atom stereocenters. The van der Waals surface area contributed by atoms with Crippen molar-refractivity contribution in [3.8, 4) is 0 Å². The standard InChI is InChI=1S/C15H15F3N2O/c1-20(9-12-4-2-3-7-19-12)14-6-5-11(10-21)8-13(14)15(16,17)18/h2-8,21H,9-10H2,1H3. The van der Waals surface area contributed by atoms with E-state index in [1.54, 1.807) is 31.4 Å². The van der Waals surface area contributed by atoms with Gasteiger partial charge in [0.15, 0.2) is 0 Å². The highest BCUT2D eigenvalue weighted by molar-refractivity contribution is 5.56. The van der Waals surface area contributed by atoms with Gasteiger partial charge in [-0.3, -0.25) is 4.98 Å². The highest BCUT2D eigenvalue weighted by atomic mass is 19.4. The van der Waals surface area contributed by atoms with E-state index in [-0.39, 0.29) is 17.8 Å². The Morgan fingerprint density at radius 1 is 1.19 bits per heavy atom. The Kier molecular flexibility index (Phi) is 4.47. The summed E-state index contributed by atoms with van der Waals surface area (Å²) in [6, 6.07) is 9.13. The van der Waals surface area contributed by atoms with Crippen LogP contribution in [-0.4, -0.2) is 17.1 Å². The minimum absolute atomic E-state index is 0.0605. The normalized spacial score (nSPS) is 11.5. The molecule has 0 bridgehead atoms. The number of aliphatic hydroxyl groups excluding tert-OH is 1. The van der Waals surface area contributed by atoms with E-state index in [4.69, 9.17) is 5.11 Å². The Labute approximate surface area is 120 Å². The molecule has 0 spiro atoms. The van der Waals surface area contributed by atoms with Crippen LogP contribution >= 0.6 is 0 Å². The number of anilines is 1. The third-order valence-corrected chi connectivity index (χ3v) is 3.09. The molecule has 0 saturated carbocycles. The maximum Gasteiger partial charge on any atom is 0.418 e. The predicted molar refractivity (Wildman–Crippen MR) is 73.7 cm³/mol. The Morgan fingerprint density at radius 2 is 1.95 bits per heavy atom. The van der Waals surface area contributed by atoms with Crippen LogP contribution in [0.2, 0.25) is 0 Å². The summed E-state index contributed by atoms with van der Waals surface area (Å²) in [4.78, 5) is 5.60. The zero-order valence-electron chi connectivity index (χ0n) is 11.4. The van der Waals surface area contributed by atoms with Gasteiger partial charge in [-0.2, -0.15) is 13.2 Å². The first-order valence-electron chi connectivity index (χ1n) is 6.34. The fraction of sp³-hybridized carbons (Fsp3) is 0.267. The molecule has 1 heterocycles. The highest BCUT2D eigenvalue weighted by Crippen LogP contribution is 2.37. The van der Waals surface area contributed by atoms with Crippen molar-refractivity contribution >= 4 is 5.69 Å². The van der Waals surface area contributed by atoms with E-state index in [0.717, 1.165) is 6.07 Å². The lowest BCUT2D eigenvalue weighted by Gasteiger charge is -2.23. The fourth-order valence-electron chi connectivity index (χ4n) is 2.06. The number of hydrogen-bond acceptors (Lipinski definition) is 3. The summed E-state index contributed by atoms with van der Waals surface area (Å²) in [6.45, 7) is -0.157. The second kappa shape index (κ2) is 6.13. The van der Waals surface area contributed by atoms with Crippen molar-refractivity contribution in [2.75, 3.05) is 11.9 Å². The summed E-state index contributed by atoms with van der Waals surface area (Å²) in [6.07, 6.45) is -2.87. The minimum Gasteiger partial charge on any atom is -0.392 e. The predicted octanol–water partition coefficient (Wildman–Crippen LogP) is 3.23. The summed E-state index contributed by atoms with van der Waals surface area (Å²) in [5.74, 6) is 0. The van der Waals surface area contributed by atoms with Gasteiger partial charge in [0.05, 0.1) is 24.4 Å². The van der Waals surface area contributed by atoms with E-state index in [1.807, 2.05) is 0 Å². The number of benzene rings is 1. The van der Waals surface area contributed by atoms with Crippen molar-refractivity contribution in [3.05, 3.63) is 59.4 Å². The lowest BCUT2D eigenvalue weighted by atomic mass is 10.1. The second-order valence-electron chi connectivity index (χ2n) is 4.68. The van der Waals surface area contributed by atoms with Gasteiger partial charge in [0.25, 0.3) is 0 Å². The molecule has 0 saturated heterocycles. The Morgan fingerprint density at radius 3 is 2.52 bits per heavy atom. The maximum absolute atomic E-state index is 13.1. The molecule has 2 rings (SSSR count). The van der Waals surface area contributed by atoms with Gasteiger partial charge in [0.2, 0.25) is 0 Å². The molecule has 3 nitrogen and oxygen atoms in total. The zero-order valence-corrected chi connectivity index (χ0v) is 11.4. The Balaban J connectivity index is 2.34. The molecule has 0 aliphatic heterocycles. The van der Waals surface area contributed by atoms with Gasteiger partial charge in [-0.05, 0) is 29.8 Å². The summed E-state index contributed by atoms with van der Waals surface area (Å²) < 4.78 is 39.4. The maximum atomic E-state index is 13.1. The quantitative estimate of drug-likeness (QED) is 0.941. The number of nitrogens with zero attached hydrogens (tertiary/aromatic N) is 2. The van der Waals surface area contributed by atoms with Crippen LogP contribution in [0.15, 0.2) is 42.6 Å². The molecule has 1 aromatic carbocycles. The highest BCUT2D eigenvalue weighted by Gasteiger charge is 2.34. The van der Waals surface area contributed by atoms with Crippen molar-refractivity contribution in [3.63, 3.8) is 0 Å². The topological polar surface area (TPSA) is 36.4 Å². The van der Waals surface area contributed by atoms with Crippen LogP contribution in [0.25, 0.3) is 0 Å². The van der Waals surface area contributed by atoms with Gasteiger partial charge in [-0.25, -0.2) is 0 Å². The van der Waals surface area contributed by atoms with Crippen LogP contribution in [0, 0.1) is 0 Å². The van der Waals surface area contributed by atoms with E-state index in [0.29, 0.717) is 5.69 Å². The average molecular weight is 296 g/mol. The molecule has 0 aliphatic carbocycles. The molecular weight excluding hydrogens is 281 g/mol. The third kappa shape index (κ3) is 3.72. The van der Waals surface area contributed by atoms with Gasteiger partial charge in [-0.15, -0.1) is 0 Å². The van der Waals surface area contributed by atoms with Crippen LogP contribution in [0.3, 0.4) is 0 Å². The van der Waals surface area contributed by atoms with Crippen molar-refractivity contribution in [1.82, 2.24) is 4.98 Å². The number of alkyl halides is 3. The monoisotopic (exact) mass is 296 g/mol. The van der Waals surface area contributed by atoms with E-state index < -0.39 is 18.3 Å². The van der Waals surface area contributed by atoms with Crippen molar-refractivity contribution in [1.29, 1.82) is 0 Å². The van der Waals surface area contributed by atoms with E-state index in [9.17, 15) is 13.2 Å². The molecule has 112 valence electrons. The van der Waals surface area contributed by atoms with Crippen LogP contribution in [0.5, 0.6) is 0 Å². The van der Waals surface area contributed by atoms with Crippen molar-refractivity contribution < 1.29 is 18.3 Å². The van der Waals surface area contributed by atoms with Crippen LogP contribution in [-0.2, 0) is 19.3 Å². The summed E-state index contributed by atoms with van der Waals surface area (Å²) >= 11 is 0. The molecule has 21 heavy (non-hydrogen) atoms. The second-order valence-corrected chi connectivity index (χ2v) is 4.68. The largest absolute Gasteiger partial charge is 0.418 e. The molecular formula is C15H15F3N2O. The van der Waals surface area contributed by atoms with Crippen molar-refractivity contribution in [2.24, 2.45) is 0 Å². The minimum atomic E-state index is -4.47. The third-order valence-electron chi connectivity index (χ3n) is 3.09. The fourth-order valence-corrected chi connectivity index (χ4v) is 2.06. The molecule has 6 heteroatoms. The number of hydrogen-bond donors (Lipinski definition) is 1. The first-order valence-corrected chi connectivity index (χ1v) is 6.34. The molecule has 1 N–H and O–H groups in total. The summed E-state index contributed by atoms with van der Waals surface area (Å²) in [5, 5.41) is 9.00. The summed E-state index contributed by atoms with van der Waals surface area (Å²) in [5.41, 5.74) is 0.217.